The van der Waals surface area contributed by atoms with Crippen LogP contribution in [0, 0.1) is 0 Å². The van der Waals surface area contributed by atoms with Gasteiger partial charge in [0.1, 0.15) is 6.54 Å². The van der Waals surface area contributed by atoms with Crippen molar-refractivity contribution in [3.05, 3.63) is 67.1 Å². The molecule has 0 aliphatic heterocycles. The van der Waals surface area contributed by atoms with Crippen LogP contribution in [0.15, 0.2) is 61.6 Å². The number of nitrogens with one attached hydrogen (secondary N) is 2. The van der Waals surface area contributed by atoms with Crippen LogP contribution in [0.1, 0.15) is 5.56 Å². The first kappa shape index (κ1) is 19.9. The fourth-order valence-corrected chi connectivity index (χ4v) is 2.62. The molecule has 0 fully saturated rings. The zero-order valence-corrected chi connectivity index (χ0v) is 15.1. The maximum absolute atomic E-state index is 12.2. The summed E-state index contributed by atoms with van der Waals surface area (Å²) in [5.41, 5.74) is 9.24. The van der Waals surface area contributed by atoms with Crippen molar-refractivity contribution < 1.29 is 18.0 Å². The van der Waals surface area contributed by atoms with Crippen LogP contribution in [0.3, 0.4) is 0 Å². The summed E-state index contributed by atoms with van der Waals surface area (Å²) in [6.07, 6.45) is 1.77. The van der Waals surface area contributed by atoms with Crippen LogP contribution in [-0.2, 0) is 0 Å². The second kappa shape index (κ2) is 8.05. The van der Waals surface area contributed by atoms with Gasteiger partial charge in [-0.25, -0.2) is 14.3 Å². The summed E-state index contributed by atoms with van der Waals surface area (Å²) < 4.78 is 38.2. The van der Waals surface area contributed by atoms with Crippen molar-refractivity contribution in [3.8, 4) is 11.3 Å². The van der Waals surface area contributed by atoms with E-state index in [1.165, 1.54) is 6.20 Å². The molecule has 29 heavy (non-hydrogen) atoms. The van der Waals surface area contributed by atoms with E-state index in [1.807, 2.05) is 0 Å². The highest BCUT2D eigenvalue weighted by Gasteiger charge is 2.27. The largest absolute Gasteiger partial charge is 0.405 e. The zero-order valence-electron chi connectivity index (χ0n) is 15.1. The van der Waals surface area contributed by atoms with Gasteiger partial charge in [0.2, 0.25) is 0 Å². The maximum Gasteiger partial charge on any atom is 0.405 e. The molecule has 7 nitrogen and oxygen atoms in total. The smallest absolute Gasteiger partial charge is 0.404 e. The molecule has 0 unspecified atom stereocenters. The molecule has 3 rings (SSSR count). The molecule has 0 atom stereocenters. The third kappa shape index (κ3) is 4.72. The van der Waals surface area contributed by atoms with E-state index >= 15 is 0 Å². The number of imidazole rings is 1. The average molecular weight is 402 g/mol. The fraction of sp³-hybridized carbons (Fsp3) is 0.105. The van der Waals surface area contributed by atoms with Crippen LogP contribution in [-0.4, -0.2) is 33.4 Å². The number of halogens is 3. The third-order valence-corrected chi connectivity index (χ3v) is 3.96. The number of nitrogens with zero attached hydrogens (tertiary/aromatic N) is 3. The molecule has 0 aliphatic carbocycles. The minimum absolute atomic E-state index is 0.328. The van der Waals surface area contributed by atoms with E-state index in [0.29, 0.717) is 28.2 Å². The number of carbonyl (C=O) groups is 1. The molecule has 10 heteroatoms. The minimum Gasteiger partial charge on any atom is -0.404 e. The molecule has 0 bridgehead atoms. The van der Waals surface area contributed by atoms with Gasteiger partial charge in [0.15, 0.2) is 5.65 Å². The number of benzene rings is 1. The van der Waals surface area contributed by atoms with Gasteiger partial charge < -0.3 is 16.4 Å². The molecule has 4 N–H and O–H groups in total. The van der Waals surface area contributed by atoms with Crippen LogP contribution < -0.4 is 16.4 Å². The standard InChI is InChI=1S/C19H17F3N6O/c1-2-12(8-23)14-7-17-24-10-16(28(17)26-9-14)13-4-3-5-15(6-13)27-18(29)25-11-19(20,21)22/h2-10H,1,11,23H2,(H2,25,27,29)/b12-8+. The van der Waals surface area contributed by atoms with E-state index in [-0.39, 0.29) is 0 Å². The third-order valence-electron chi connectivity index (χ3n) is 3.96. The number of urea groups is 1. The zero-order chi connectivity index (χ0) is 21.0. The van der Waals surface area contributed by atoms with Gasteiger partial charge >= 0.3 is 12.2 Å². The van der Waals surface area contributed by atoms with Gasteiger partial charge in [-0.15, -0.1) is 0 Å². The lowest BCUT2D eigenvalue weighted by molar-refractivity contribution is -0.122. The molecule has 1 aromatic carbocycles. The van der Waals surface area contributed by atoms with Crippen molar-refractivity contribution in [2.45, 2.75) is 6.18 Å². The van der Waals surface area contributed by atoms with Gasteiger partial charge in [-0.3, -0.25) is 0 Å². The summed E-state index contributed by atoms with van der Waals surface area (Å²) in [5, 5.41) is 8.49. The van der Waals surface area contributed by atoms with Crippen LogP contribution in [0.5, 0.6) is 0 Å². The van der Waals surface area contributed by atoms with Crippen molar-refractivity contribution >= 4 is 22.9 Å². The van der Waals surface area contributed by atoms with Gasteiger partial charge in [-0.05, 0) is 23.8 Å². The van der Waals surface area contributed by atoms with Crippen LogP contribution in [0.4, 0.5) is 23.7 Å². The van der Waals surface area contributed by atoms with Gasteiger partial charge in [0, 0.05) is 23.0 Å². The second-order valence-corrected chi connectivity index (χ2v) is 5.99. The Morgan fingerprint density at radius 2 is 2.07 bits per heavy atom. The summed E-state index contributed by atoms with van der Waals surface area (Å²) >= 11 is 0. The Balaban J connectivity index is 1.84. The first-order valence-corrected chi connectivity index (χ1v) is 8.41. The average Bonchev–Trinajstić information content (AvgIpc) is 3.10. The molecule has 0 radical (unpaired) electrons. The molecule has 0 saturated heterocycles. The number of hydrogen-bond donors (Lipinski definition) is 3. The number of fused-ring (bicyclic) bond motifs is 1. The monoisotopic (exact) mass is 402 g/mol. The van der Waals surface area contributed by atoms with Crippen molar-refractivity contribution in [2.75, 3.05) is 11.9 Å². The number of allylic oxidation sites excluding steroid dienone is 2. The van der Waals surface area contributed by atoms with E-state index in [2.05, 4.69) is 22.0 Å². The SMILES string of the molecule is C=C/C(=C\N)c1cnn2c(-c3cccc(NC(=O)NCC(F)(F)F)c3)cnc2c1. The maximum atomic E-state index is 12.2. The lowest BCUT2D eigenvalue weighted by atomic mass is 10.1. The Labute approximate surface area is 163 Å². The molecule has 2 amide bonds. The Hall–Kier alpha value is -3.82. The number of amides is 2. The summed E-state index contributed by atoms with van der Waals surface area (Å²) in [5.74, 6) is 0. The number of hydrogen-bond acceptors (Lipinski definition) is 4. The lowest BCUT2D eigenvalue weighted by Crippen LogP contribution is -2.36. The minimum atomic E-state index is -4.48. The van der Waals surface area contributed by atoms with E-state index in [9.17, 15) is 18.0 Å². The molecule has 150 valence electrons. The second-order valence-electron chi connectivity index (χ2n) is 5.99. The highest BCUT2D eigenvalue weighted by Crippen LogP contribution is 2.24. The molecule has 3 aromatic rings. The number of carbonyl (C=O) groups excluding carboxylic acids is 1. The Kier molecular flexibility index (Phi) is 5.53. The Morgan fingerprint density at radius 1 is 1.28 bits per heavy atom. The number of alkyl halides is 3. The number of anilines is 1. The van der Waals surface area contributed by atoms with Gasteiger partial charge in [-0.1, -0.05) is 24.8 Å². The number of rotatable bonds is 5. The van der Waals surface area contributed by atoms with E-state index in [4.69, 9.17) is 5.73 Å². The molecule has 0 spiro atoms. The van der Waals surface area contributed by atoms with Crippen molar-refractivity contribution in [2.24, 2.45) is 5.73 Å². The summed E-state index contributed by atoms with van der Waals surface area (Å²) in [6, 6.07) is 7.45. The molecular formula is C19H17F3N6O. The first-order valence-electron chi connectivity index (χ1n) is 8.41. The molecular weight excluding hydrogens is 385 g/mol. The van der Waals surface area contributed by atoms with E-state index in [0.717, 1.165) is 5.56 Å². The molecule has 0 aliphatic rings. The van der Waals surface area contributed by atoms with Crippen LogP contribution >= 0.6 is 0 Å². The Morgan fingerprint density at radius 3 is 2.76 bits per heavy atom. The predicted octanol–water partition coefficient (Wildman–Crippen LogP) is 3.57. The summed E-state index contributed by atoms with van der Waals surface area (Å²) in [7, 11) is 0. The number of aromatic nitrogens is 3. The predicted molar refractivity (Wildman–Crippen MR) is 104 cm³/mol. The van der Waals surface area contributed by atoms with Gasteiger partial charge in [-0.2, -0.15) is 18.3 Å². The fourth-order valence-electron chi connectivity index (χ4n) is 2.62. The van der Waals surface area contributed by atoms with Gasteiger partial charge in [0.25, 0.3) is 0 Å². The van der Waals surface area contributed by atoms with Crippen molar-refractivity contribution in [1.29, 1.82) is 0 Å². The van der Waals surface area contributed by atoms with Gasteiger partial charge in [0.05, 0.1) is 18.1 Å². The van der Waals surface area contributed by atoms with E-state index in [1.54, 1.807) is 58.6 Å². The first-order chi connectivity index (χ1) is 13.8. The van der Waals surface area contributed by atoms with Crippen LogP contribution in [0.2, 0.25) is 0 Å². The van der Waals surface area contributed by atoms with Crippen LogP contribution in [0.25, 0.3) is 22.5 Å². The summed E-state index contributed by atoms with van der Waals surface area (Å²) in [6.45, 7) is 2.28. The normalized spacial score (nSPS) is 12.0. The van der Waals surface area contributed by atoms with Crippen molar-refractivity contribution in [1.82, 2.24) is 19.9 Å². The number of nitrogens with two attached hydrogens (primary N) is 1. The van der Waals surface area contributed by atoms with Crippen molar-refractivity contribution in [3.63, 3.8) is 0 Å². The Bertz CT molecular complexity index is 1090. The summed E-state index contributed by atoms with van der Waals surface area (Å²) in [4.78, 5) is 16.0. The lowest BCUT2D eigenvalue weighted by Gasteiger charge is -2.10. The highest BCUT2D eigenvalue weighted by molar-refractivity contribution is 5.90. The van der Waals surface area contributed by atoms with E-state index < -0.39 is 18.8 Å². The molecule has 2 heterocycles. The quantitative estimate of drug-likeness (QED) is 0.569. The molecule has 0 saturated carbocycles. The highest BCUT2D eigenvalue weighted by atomic mass is 19.4. The topological polar surface area (TPSA) is 97.3 Å². The molecule has 2 aromatic heterocycles.